The van der Waals surface area contributed by atoms with E-state index in [0.29, 0.717) is 24.1 Å². The standard InChI is InChI=1S/C48H90NO7P/c1-6-8-10-12-14-16-18-20-22-23-24-25-26-28-30-32-34-36-38-40-43-53-45-47(46-55-57(51,52)54-44-42-49(3,4)5)56-48(50)41-39-37-35-33-31-29-27-21-19-17-15-13-11-9-7-2/h9,11,15,17,20-22,27,47H,6-8,10,12-14,16,18-19,23-26,28-46H2,1-5H3/p+1/b11-9-,17-15-,22-20-,27-21-. The average Bonchev–Trinajstić information content (AvgIpc) is 3.16. The number of nitrogens with zero attached hydrogens (tertiary/aromatic N) is 1. The lowest BCUT2D eigenvalue weighted by Gasteiger charge is -2.24. The predicted octanol–water partition coefficient (Wildman–Crippen LogP) is 13.9. The largest absolute Gasteiger partial charge is 0.472 e. The monoisotopic (exact) mass is 825 g/mol. The van der Waals surface area contributed by atoms with Crippen LogP contribution in [0.5, 0.6) is 0 Å². The highest BCUT2D eigenvalue weighted by Gasteiger charge is 2.26. The Morgan fingerprint density at radius 2 is 1.02 bits per heavy atom. The lowest BCUT2D eigenvalue weighted by Crippen LogP contribution is -2.37. The lowest BCUT2D eigenvalue weighted by atomic mass is 10.1. The summed E-state index contributed by atoms with van der Waals surface area (Å²) < 4.78 is 35.0. The van der Waals surface area contributed by atoms with Gasteiger partial charge in [0.05, 0.1) is 34.4 Å². The Morgan fingerprint density at radius 1 is 0.561 bits per heavy atom. The van der Waals surface area contributed by atoms with Gasteiger partial charge in [-0.2, -0.15) is 0 Å². The number of hydrogen-bond acceptors (Lipinski definition) is 6. The summed E-state index contributed by atoms with van der Waals surface area (Å²) >= 11 is 0. The van der Waals surface area contributed by atoms with Crippen LogP contribution in [0.2, 0.25) is 0 Å². The number of hydrogen-bond donors (Lipinski definition) is 1. The molecule has 0 radical (unpaired) electrons. The molecule has 0 amide bonds. The van der Waals surface area contributed by atoms with E-state index in [9.17, 15) is 14.3 Å². The Balaban J connectivity index is 4.19. The fourth-order valence-electron chi connectivity index (χ4n) is 6.27. The van der Waals surface area contributed by atoms with Gasteiger partial charge in [-0.05, 0) is 70.6 Å². The van der Waals surface area contributed by atoms with Gasteiger partial charge in [0.2, 0.25) is 0 Å². The van der Waals surface area contributed by atoms with Gasteiger partial charge in [-0.25, -0.2) is 4.57 Å². The minimum absolute atomic E-state index is 0.0836. The third kappa shape index (κ3) is 45.4. The molecule has 0 aliphatic rings. The fourth-order valence-corrected chi connectivity index (χ4v) is 7.01. The van der Waals surface area contributed by atoms with Crippen molar-refractivity contribution in [1.29, 1.82) is 0 Å². The minimum atomic E-state index is -4.28. The van der Waals surface area contributed by atoms with Gasteiger partial charge in [0.1, 0.15) is 19.3 Å². The van der Waals surface area contributed by atoms with Crippen LogP contribution in [-0.4, -0.2) is 75.6 Å². The van der Waals surface area contributed by atoms with Gasteiger partial charge < -0.3 is 18.9 Å². The van der Waals surface area contributed by atoms with Crippen LogP contribution >= 0.6 is 7.82 Å². The number of rotatable bonds is 43. The van der Waals surface area contributed by atoms with Crippen LogP contribution < -0.4 is 0 Å². The minimum Gasteiger partial charge on any atom is -0.457 e. The van der Waals surface area contributed by atoms with Gasteiger partial charge >= 0.3 is 13.8 Å². The van der Waals surface area contributed by atoms with Crippen molar-refractivity contribution in [2.45, 2.75) is 200 Å². The lowest BCUT2D eigenvalue weighted by molar-refractivity contribution is -0.870. The van der Waals surface area contributed by atoms with Crippen molar-refractivity contribution in [1.82, 2.24) is 0 Å². The number of unbranched alkanes of at least 4 members (excludes halogenated alkanes) is 21. The number of phosphoric acid groups is 1. The summed E-state index contributed by atoms with van der Waals surface area (Å²) in [7, 11) is 1.65. The molecule has 0 spiro atoms. The molecule has 57 heavy (non-hydrogen) atoms. The zero-order valence-corrected chi connectivity index (χ0v) is 38.7. The van der Waals surface area contributed by atoms with Crippen molar-refractivity contribution in [3.63, 3.8) is 0 Å². The van der Waals surface area contributed by atoms with Crippen LogP contribution in [0, 0.1) is 0 Å². The average molecular weight is 825 g/mol. The Bertz CT molecular complexity index is 1050. The van der Waals surface area contributed by atoms with Crippen LogP contribution in [-0.2, 0) is 27.9 Å². The molecule has 0 aliphatic carbocycles. The van der Waals surface area contributed by atoms with Gasteiger partial charge in [-0.15, -0.1) is 0 Å². The maximum Gasteiger partial charge on any atom is 0.472 e. The number of quaternary nitrogens is 1. The summed E-state index contributed by atoms with van der Waals surface area (Å²) in [4.78, 5) is 22.9. The first kappa shape index (κ1) is 55.5. The van der Waals surface area contributed by atoms with Crippen LogP contribution in [0.1, 0.15) is 194 Å². The quantitative estimate of drug-likeness (QED) is 0.0215. The molecule has 9 heteroatoms. The van der Waals surface area contributed by atoms with Crippen LogP contribution in [0.25, 0.3) is 0 Å². The summed E-state index contributed by atoms with van der Waals surface area (Å²) in [5.74, 6) is -0.331. The van der Waals surface area contributed by atoms with E-state index in [0.717, 1.165) is 70.6 Å². The van der Waals surface area contributed by atoms with E-state index in [2.05, 4.69) is 62.5 Å². The highest BCUT2D eigenvalue weighted by atomic mass is 31.2. The summed E-state index contributed by atoms with van der Waals surface area (Å²) in [6.07, 6.45) is 50.1. The Morgan fingerprint density at radius 3 is 1.54 bits per heavy atom. The Hall–Kier alpha value is -1.54. The number of carbonyl (C=O) groups is 1. The number of phosphoric ester groups is 1. The van der Waals surface area contributed by atoms with Crippen LogP contribution in [0.3, 0.4) is 0 Å². The van der Waals surface area contributed by atoms with Crippen molar-refractivity contribution >= 4 is 13.8 Å². The predicted molar refractivity (Wildman–Crippen MR) is 243 cm³/mol. The molecule has 0 rings (SSSR count). The molecule has 2 atom stereocenters. The van der Waals surface area contributed by atoms with Crippen molar-refractivity contribution in [3.05, 3.63) is 48.6 Å². The smallest absolute Gasteiger partial charge is 0.457 e. The topological polar surface area (TPSA) is 91.3 Å². The third-order valence-corrected chi connectivity index (χ3v) is 10.9. The fraction of sp³-hybridized carbons (Fsp3) is 0.812. The molecule has 1 N–H and O–H groups in total. The van der Waals surface area contributed by atoms with Crippen molar-refractivity contribution in [2.75, 3.05) is 54.1 Å². The van der Waals surface area contributed by atoms with E-state index >= 15 is 0 Å². The Labute approximate surface area is 352 Å². The second-order valence-corrected chi connectivity index (χ2v) is 18.2. The van der Waals surface area contributed by atoms with Crippen molar-refractivity contribution < 1.29 is 37.3 Å². The molecule has 0 aliphatic heterocycles. The van der Waals surface area contributed by atoms with Gasteiger partial charge in [-0.3, -0.25) is 13.8 Å². The second kappa shape index (κ2) is 41.2. The number of esters is 1. The van der Waals surface area contributed by atoms with E-state index in [4.69, 9.17) is 18.5 Å². The van der Waals surface area contributed by atoms with Crippen molar-refractivity contribution in [2.24, 2.45) is 0 Å². The number of likely N-dealkylation sites (N-methyl/N-ethyl adjacent to an activating group) is 1. The van der Waals surface area contributed by atoms with E-state index < -0.39 is 13.9 Å². The summed E-state index contributed by atoms with van der Waals surface area (Å²) in [5, 5.41) is 0. The molecule has 334 valence electrons. The van der Waals surface area contributed by atoms with Crippen LogP contribution in [0.4, 0.5) is 0 Å². The zero-order chi connectivity index (χ0) is 42.0. The first-order valence-corrected chi connectivity index (χ1v) is 24.9. The zero-order valence-electron chi connectivity index (χ0n) is 37.8. The third-order valence-electron chi connectivity index (χ3n) is 9.87. The van der Waals surface area contributed by atoms with E-state index in [1.165, 1.54) is 103 Å². The molecule has 0 aromatic heterocycles. The van der Waals surface area contributed by atoms with E-state index in [1.807, 2.05) is 21.1 Å². The molecule has 0 bridgehead atoms. The van der Waals surface area contributed by atoms with Crippen LogP contribution in [0.15, 0.2) is 48.6 Å². The molecule has 2 unspecified atom stereocenters. The molecule has 0 saturated carbocycles. The molecule has 0 fully saturated rings. The van der Waals surface area contributed by atoms with E-state index in [-0.39, 0.29) is 25.8 Å². The normalized spacial score (nSPS) is 14.1. The highest BCUT2D eigenvalue weighted by molar-refractivity contribution is 7.47. The van der Waals surface area contributed by atoms with Gasteiger partial charge in [-0.1, -0.05) is 165 Å². The first-order chi connectivity index (χ1) is 27.6. The number of carbonyl (C=O) groups excluding carboxylic acids is 1. The van der Waals surface area contributed by atoms with E-state index in [1.54, 1.807) is 0 Å². The molecule has 0 aromatic carbocycles. The molecule has 8 nitrogen and oxygen atoms in total. The molecule has 0 saturated heterocycles. The van der Waals surface area contributed by atoms with Gasteiger partial charge in [0.15, 0.2) is 0 Å². The SMILES string of the molecule is CC/C=C\C/C=C\C/C=C\CCCCCCCC(=O)OC(COCCCCCCCCCCCC/C=C\CCCCCCCC)COP(=O)(O)OCC[N+](C)(C)C. The molecular formula is C48H91NO7P+. The van der Waals surface area contributed by atoms with Gasteiger partial charge in [0, 0.05) is 13.0 Å². The first-order valence-electron chi connectivity index (χ1n) is 23.4. The van der Waals surface area contributed by atoms with Crippen molar-refractivity contribution in [3.8, 4) is 0 Å². The molecule has 0 aromatic rings. The highest BCUT2D eigenvalue weighted by Crippen LogP contribution is 2.43. The summed E-state index contributed by atoms with van der Waals surface area (Å²) in [6, 6.07) is 0. The second-order valence-electron chi connectivity index (χ2n) is 16.8. The molecule has 0 heterocycles. The van der Waals surface area contributed by atoms with Gasteiger partial charge in [0.25, 0.3) is 0 Å². The maximum absolute atomic E-state index is 12.7. The number of allylic oxidation sites excluding steroid dienone is 8. The Kier molecular flexibility index (Phi) is 40.1. The number of ether oxygens (including phenoxy) is 2. The summed E-state index contributed by atoms with van der Waals surface area (Å²) in [5.41, 5.74) is 0. The maximum atomic E-state index is 12.7. The molecular weight excluding hydrogens is 734 g/mol. The summed E-state index contributed by atoms with van der Waals surface area (Å²) in [6.45, 7) is 5.49.